The van der Waals surface area contributed by atoms with Gasteiger partial charge in [-0.15, -0.1) is 0 Å². The monoisotopic (exact) mass is 290 g/mol. The Bertz CT molecular complexity index is 548. The average Bonchev–Trinajstić information content (AvgIpc) is 2.92. The zero-order valence-electron chi connectivity index (χ0n) is 12.3. The third-order valence-electron chi connectivity index (χ3n) is 5.19. The maximum Gasteiger partial charge on any atom is 0.255 e. The standard InChI is InChI=1S/C16H22N2O3/c1-2-16(21)5-3-4-11-9-18(10-14(11)16)15(20)12-6-13(19)8-17-7-12/h6-8,11,14,19,21H,2-5,9-10H2,1H3/t11-,14+,16-/m0/s1. The maximum absolute atomic E-state index is 12.5. The summed E-state index contributed by atoms with van der Waals surface area (Å²) in [6.45, 7) is 3.32. The number of pyridine rings is 1. The van der Waals surface area contributed by atoms with Crippen LogP contribution in [0.15, 0.2) is 18.5 Å². The highest BCUT2D eigenvalue weighted by Gasteiger charge is 2.48. The summed E-state index contributed by atoms with van der Waals surface area (Å²) >= 11 is 0. The van der Waals surface area contributed by atoms with E-state index in [0.717, 1.165) is 25.7 Å². The summed E-state index contributed by atoms with van der Waals surface area (Å²) in [5.74, 6) is 0.456. The van der Waals surface area contributed by atoms with Gasteiger partial charge in [0.1, 0.15) is 5.75 Å². The van der Waals surface area contributed by atoms with Crippen LogP contribution >= 0.6 is 0 Å². The number of likely N-dealkylation sites (tertiary alicyclic amines) is 1. The normalized spacial score (nSPS) is 32.0. The van der Waals surface area contributed by atoms with Crippen LogP contribution in [0.2, 0.25) is 0 Å². The van der Waals surface area contributed by atoms with E-state index in [-0.39, 0.29) is 17.6 Å². The molecule has 1 aliphatic heterocycles. The molecule has 1 aliphatic carbocycles. The summed E-state index contributed by atoms with van der Waals surface area (Å²) in [5, 5.41) is 20.2. The van der Waals surface area contributed by atoms with Crippen molar-refractivity contribution in [2.24, 2.45) is 11.8 Å². The van der Waals surface area contributed by atoms with E-state index in [2.05, 4.69) is 4.98 Å². The molecule has 2 aliphatic rings. The van der Waals surface area contributed by atoms with Crippen molar-refractivity contribution in [2.45, 2.75) is 38.2 Å². The van der Waals surface area contributed by atoms with E-state index in [1.54, 1.807) is 4.90 Å². The molecule has 1 saturated carbocycles. The van der Waals surface area contributed by atoms with Gasteiger partial charge in [-0.05, 0) is 31.2 Å². The Morgan fingerprint density at radius 3 is 3.00 bits per heavy atom. The Balaban J connectivity index is 1.78. The van der Waals surface area contributed by atoms with Gasteiger partial charge in [-0.2, -0.15) is 0 Å². The van der Waals surface area contributed by atoms with Crippen LogP contribution in [-0.2, 0) is 0 Å². The van der Waals surface area contributed by atoms with Gasteiger partial charge in [0.15, 0.2) is 0 Å². The molecule has 1 aromatic heterocycles. The van der Waals surface area contributed by atoms with Crippen LogP contribution in [0, 0.1) is 11.8 Å². The molecular weight excluding hydrogens is 268 g/mol. The first kappa shape index (κ1) is 14.3. The van der Waals surface area contributed by atoms with E-state index >= 15 is 0 Å². The molecule has 21 heavy (non-hydrogen) atoms. The third kappa shape index (κ3) is 2.50. The summed E-state index contributed by atoms with van der Waals surface area (Å²) < 4.78 is 0. The minimum atomic E-state index is -0.630. The van der Waals surface area contributed by atoms with E-state index in [1.165, 1.54) is 18.5 Å². The van der Waals surface area contributed by atoms with Gasteiger partial charge in [-0.25, -0.2) is 0 Å². The van der Waals surface area contributed by atoms with Crippen molar-refractivity contribution in [2.75, 3.05) is 13.1 Å². The maximum atomic E-state index is 12.5. The van der Waals surface area contributed by atoms with Gasteiger partial charge in [-0.1, -0.05) is 13.3 Å². The molecule has 5 nitrogen and oxygen atoms in total. The number of fused-ring (bicyclic) bond motifs is 1. The van der Waals surface area contributed by atoms with E-state index in [4.69, 9.17) is 0 Å². The number of hydrogen-bond donors (Lipinski definition) is 2. The molecule has 0 unspecified atom stereocenters. The van der Waals surface area contributed by atoms with E-state index in [9.17, 15) is 15.0 Å². The average molecular weight is 290 g/mol. The summed E-state index contributed by atoms with van der Waals surface area (Å²) in [6, 6.07) is 1.45. The molecule has 5 heteroatoms. The zero-order valence-corrected chi connectivity index (χ0v) is 12.3. The van der Waals surface area contributed by atoms with Crippen LogP contribution in [0.25, 0.3) is 0 Å². The third-order valence-corrected chi connectivity index (χ3v) is 5.19. The second-order valence-corrected chi connectivity index (χ2v) is 6.36. The van der Waals surface area contributed by atoms with Gasteiger partial charge < -0.3 is 15.1 Å². The Morgan fingerprint density at radius 2 is 2.29 bits per heavy atom. The fourth-order valence-electron chi connectivity index (χ4n) is 3.96. The van der Waals surface area contributed by atoms with Gasteiger partial charge in [0.05, 0.1) is 17.4 Å². The van der Waals surface area contributed by atoms with Crippen molar-refractivity contribution in [1.82, 2.24) is 9.88 Å². The van der Waals surface area contributed by atoms with E-state index in [1.807, 2.05) is 6.92 Å². The number of aliphatic hydroxyl groups is 1. The second kappa shape index (κ2) is 5.30. The lowest BCUT2D eigenvalue weighted by molar-refractivity contribution is -0.0609. The number of aromatic nitrogens is 1. The SMILES string of the molecule is CC[C@]1(O)CCC[C@H]2CN(C(=O)c3cncc(O)c3)C[C@H]21. The molecule has 114 valence electrons. The molecule has 0 bridgehead atoms. The molecule has 1 amide bonds. The number of aromatic hydroxyl groups is 1. The molecule has 2 N–H and O–H groups in total. The minimum absolute atomic E-state index is 0.00234. The summed E-state index contributed by atoms with van der Waals surface area (Å²) in [6.07, 6.45) is 6.48. The fraction of sp³-hybridized carbons (Fsp3) is 0.625. The predicted molar refractivity (Wildman–Crippen MR) is 77.9 cm³/mol. The number of carbonyl (C=O) groups excluding carboxylic acids is 1. The van der Waals surface area contributed by atoms with Crippen LogP contribution in [0.3, 0.4) is 0 Å². The summed E-state index contributed by atoms with van der Waals surface area (Å²) in [4.78, 5) is 18.2. The molecule has 1 saturated heterocycles. The van der Waals surface area contributed by atoms with E-state index in [0.29, 0.717) is 24.6 Å². The largest absolute Gasteiger partial charge is 0.506 e. The second-order valence-electron chi connectivity index (χ2n) is 6.36. The predicted octanol–water partition coefficient (Wildman–Crippen LogP) is 1.80. The van der Waals surface area contributed by atoms with Crippen molar-refractivity contribution >= 4 is 5.91 Å². The number of nitrogens with zero attached hydrogens (tertiary/aromatic N) is 2. The molecule has 1 aromatic rings. The van der Waals surface area contributed by atoms with Crippen LogP contribution < -0.4 is 0 Å². The van der Waals surface area contributed by atoms with Crippen LogP contribution in [0.5, 0.6) is 5.75 Å². The van der Waals surface area contributed by atoms with Crippen LogP contribution in [0.1, 0.15) is 43.0 Å². The van der Waals surface area contributed by atoms with Crippen molar-refractivity contribution in [3.05, 3.63) is 24.0 Å². The molecule has 2 fully saturated rings. The topological polar surface area (TPSA) is 73.7 Å². The highest BCUT2D eigenvalue weighted by Crippen LogP contribution is 2.44. The lowest BCUT2D eigenvalue weighted by Gasteiger charge is -2.40. The van der Waals surface area contributed by atoms with Crippen LogP contribution in [0.4, 0.5) is 0 Å². The Kier molecular flexibility index (Phi) is 3.61. The van der Waals surface area contributed by atoms with Crippen molar-refractivity contribution in [3.63, 3.8) is 0 Å². The van der Waals surface area contributed by atoms with E-state index < -0.39 is 5.60 Å². The van der Waals surface area contributed by atoms with Crippen LogP contribution in [-0.4, -0.2) is 44.7 Å². The van der Waals surface area contributed by atoms with Crippen molar-refractivity contribution in [1.29, 1.82) is 0 Å². The lowest BCUT2D eigenvalue weighted by Crippen LogP contribution is -2.44. The van der Waals surface area contributed by atoms with Gasteiger partial charge in [-0.3, -0.25) is 9.78 Å². The highest BCUT2D eigenvalue weighted by molar-refractivity contribution is 5.94. The highest BCUT2D eigenvalue weighted by atomic mass is 16.3. The number of carbonyl (C=O) groups is 1. The Labute approximate surface area is 124 Å². The van der Waals surface area contributed by atoms with Gasteiger partial charge in [0.2, 0.25) is 0 Å². The number of amides is 1. The summed E-state index contributed by atoms with van der Waals surface area (Å²) in [5.41, 5.74) is -0.219. The van der Waals surface area contributed by atoms with Gasteiger partial charge in [0, 0.05) is 25.2 Å². The van der Waals surface area contributed by atoms with Gasteiger partial charge >= 0.3 is 0 Å². The Morgan fingerprint density at radius 1 is 1.48 bits per heavy atom. The first-order chi connectivity index (χ1) is 10.0. The molecule has 0 aromatic carbocycles. The fourth-order valence-corrected chi connectivity index (χ4v) is 3.96. The molecule has 2 heterocycles. The quantitative estimate of drug-likeness (QED) is 0.871. The molecule has 3 atom stereocenters. The lowest BCUT2D eigenvalue weighted by atomic mass is 9.69. The molecule has 0 radical (unpaired) electrons. The smallest absolute Gasteiger partial charge is 0.255 e. The van der Waals surface area contributed by atoms with Gasteiger partial charge in [0.25, 0.3) is 5.91 Å². The Hall–Kier alpha value is -1.62. The molecule has 0 spiro atoms. The molecule has 3 rings (SSSR count). The first-order valence-corrected chi connectivity index (χ1v) is 7.69. The van der Waals surface area contributed by atoms with Crippen molar-refractivity contribution in [3.8, 4) is 5.75 Å². The first-order valence-electron chi connectivity index (χ1n) is 7.69. The zero-order chi connectivity index (χ0) is 15.0. The summed E-state index contributed by atoms with van der Waals surface area (Å²) in [7, 11) is 0. The number of rotatable bonds is 2. The molecular formula is C16H22N2O3. The number of hydrogen-bond acceptors (Lipinski definition) is 4. The van der Waals surface area contributed by atoms with Crippen molar-refractivity contribution < 1.29 is 15.0 Å². The minimum Gasteiger partial charge on any atom is -0.506 e.